The Morgan fingerprint density at radius 3 is 2.42 bits per heavy atom. The summed E-state index contributed by atoms with van der Waals surface area (Å²) in [6.45, 7) is 6.90. The van der Waals surface area contributed by atoms with Crippen molar-refractivity contribution in [2.24, 2.45) is 12.8 Å². The molecule has 1 aromatic rings. The van der Waals surface area contributed by atoms with Crippen molar-refractivity contribution in [1.82, 2.24) is 19.7 Å². The zero-order chi connectivity index (χ0) is 13.9. The maximum atomic E-state index is 6.59. The van der Waals surface area contributed by atoms with Crippen molar-refractivity contribution in [3.05, 3.63) is 12.2 Å². The lowest BCUT2D eigenvalue weighted by atomic mass is 9.81. The quantitative estimate of drug-likeness (QED) is 0.843. The van der Waals surface area contributed by atoms with Crippen LogP contribution in [0.25, 0.3) is 0 Å². The molecule has 1 aliphatic heterocycles. The first-order valence-corrected chi connectivity index (χ1v) is 7.47. The summed E-state index contributed by atoms with van der Waals surface area (Å²) >= 11 is 0. The maximum Gasteiger partial charge on any atom is 0.138 e. The molecule has 1 saturated heterocycles. The minimum absolute atomic E-state index is 0.114. The average molecular weight is 265 g/mol. The summed E-state index contributed by atoms with van der Waals surface area (Å²) in [5.41, 5.74) is 6.70. The number of rotatable bonds is 6. The minimum atomic E-state index is 0.114. The molecule has 19 heavy (non-hydrogen) atoms. The molecule has 0 aromatic carbocycles. The van der Waals surface area contributed by atoms with E-state index in [9.17, 15) is 0 Å². The topological polar surface area (TPSA) is 60.0 Å². The van der Waals surface area contributed by atoms with Crippen LogP contribution in [0, 0.1) is 0 Å². The third-order valence-electron chi connectivity index (χ3n) is 4.86. The Hall–Kier alpha value is -0.940. The fraction of sp³-hybridized carbons (Fsp3) is 0.857. The van der Waals surface area contributed by atoms with Crippen molar-refractivity contribution in [1.29, 1.82) is 0 Å². The molecule has 1 atom stereocenters. The Balaban J connectivity index is 2.15. The van der Waals surface area contributed by atoms with Crippen LogP contribution in [0.5, 0.6) is 0 Å². The predicted molar refractivity (Wildman–Crippen MR) is 76.8 cm³/mol. The van der Waals surface area contributed by atoms with Crippen LogP contribution in [-0.4, -0.2) is 44.3 Å². The third kappa shape index (κ3) is 2.67. The Kier molecular flexibility index (Phi) is 4.58. The molecule has 1 aliphatic rings. The van der Waals surface area contributed by atoms with Gasteiger partial charge in [0.15, 0.2) is 0 Å². The lowest BCUT2D eigenvalue weighted by molar-refractivity contribution is 0.0758. The van der Waals surface area contributed by atoms with Crippen LogP contribution in [0.1, 0.15) is 45.4 Å². The van der Waals surface area contributed by atoms with E-state index in [0.717, 1.165) is 25.1 Å². The van der Waals surface area contributed by atoms with E-state index < -0.39 is 0 Å². The van der Waals surface area contributed by atoms with E-state index in [1.165, 1.54) is 25.9 Å². The van der Waals surface area contributed by atoms with Crippen molar-refractivity contribution in [2.75, 3.05) is 13.1 Å². The van der Waals surface area contributed by atoms with E-state index in [0.29, 0.717) is 0 Å². The summed E-state index contributed by atoms with van der Waals surface area (Å²) in [5, 5.41) is 4.14. The Morgan fingerprint density at radius 1 is 1.32 bits per heavy atom. The number of likely N-dealkylation sites (tertiary alicyclic amines) is 1. The fourth-order valence-electron chi connectivity index (χ4n) is 3.51. The van der Waals surface area contributed by atoms with Gasteiger partial charge >= 0.3 is 0 Å². The summed E-state index contributed by atoms with van der Waals surface area (Å²) in [6.07, 6.45) is 7.22. The largest absolute Gasteiger partial charge is 0.326 e. The molecule has 0 saturated carbocycles. The Morgan fingerprint density at radius 2 is 1.95 bits per heavy atom. The third-order valence-corrected chi connectivity index (χ3v) is 4.86. The molecule has 2 N–H and O–H groups in total. The van der Waals surface area contributed by atoms with Crippen molar-refractivity contribution in [3.8, 4) is 0 Å². The molecular weight excluding hydrogens is 238 g/mol. The number of aromatic nitrogens is 3. The Bertz CT molecular complexity index is 390. The fourth-order valence-corrected chi connectivity index (χ4v) is 3.51. The van der Waals surface area contributed by atoms with Crippen LogP contribution in [0.15, 0.2) is 6.33 Å². The molecule has 0 bridgehead atoms. The van der Waals surface area contributed by atoms with Crippen molar-refractivity contribution < 1.29 is 0 Å². The molecule has 0 spiro atoms. The van der Waals surface area contributed by atoms with Crippen LogP contribution in [0.4, 0.5) is 0 Å². The van der Waals surface area contributed by atoms with Crippen molar-refractivity contribution in [3.63, 3.8) is 0 Å². The molecule has 108 valence electrons. The van der Waals surface area contributed by atoms with Gasteiger partial charge in [0.1, 0.15) is 12.2 Å². The first-order chi connectivity index (χ1) is 9.14. The zero-order valence-electron chi connectivity index (χ0n) is 12.5. The number of hydrogen-bond acceptors (Lipinski definition) is 4. The van der Waals surface area contributed by atoms with Gasteiger partial charge in [-0.2, -0.15) is 5.10 Å². The van der Waals surface area contributed by atoms with Gasteiger partial charge in [-0.15, -0.1) is 0 Å². The van der Waals surface area contributed by atoms with Gasteiger partial charge in [0.25, 0.3) is 0 Å². The highest BCUT2D eigenvalue weighted by molar-refractivity contribution is 5.03. The highest BCUT2D eigenvalue weighted by Gasteiger charge is 2.40. The van der Waals surface area contributed by atoms with Gasteiger partial charge in [-0.25, -0.2) is 4.98 Å². The molecule has 0 amide bonds. The monoisotopic (exact) mass is 265 g/mol. The summed E-state index contributed by atoms with van der Waals surface area (Å²) in [5.74, 6) is 0.984. The lowest BCUT2D eigenvalue weighted by Crippen LogP contribution is -2.59. The summed E-state index contributed by atoms with van der Waals surface area (Å²) in [7, 11) is 1.93. The molecule has 5 heteroatoms. The standard InChI is InChI=1S/C14H27N5/c1-4-14(5-2,19-8-6-7-9-19)12(15)10-13-16-11-17-18(13)3/h11-12H,4-10,15H2,1-3H3. The zero-order valence-corrected chi connectivity index (χ0v) is 12.5. The molecular formula is C14H27N5. The number of aryl methyl sites for hydroxylation is 1. The molecule has 1 unspecified atom stereocenters. The van der Waals surface area contributed by atoms with E-state index in [1.54, 1.807) is 6.33 Å². The maximum absolute atomic E-state index is 6.59. The second-order valence-electron chi connectivity index (χ2n) is 5.62. The van der Waals surface area contributed by atoms with E-state index in [-0.39, 0.29) is 11.6 Å². The smallest absolute Gasteiger partial charge is 0.138 e. The van der Waals surface area contributed by atoms with Gasteiger partial charge in [-0.3, -0.25) is 9.58 Å². The highest BCUT2D eigenvalue weighted by atomic mass is 15.3. The first kappa shape index (κ1) is 14.5. The first-order valence-electron chi connectivity index (χ1n) is 7.47. The van der Waals surface area contributed by atoms with Gasteiger partial charge in [0.05, 0.1) is 0 Å². The van der Waals surface area contributed by atoms with E-state index >= 15 is 0 Å². The lowest BCUT2D eigenvalue weighted by Gasteiger charge is -2.45. The number of hydrogen-bond donors (Lipinski definition) is 1. The second-order valence-corrected chi connectivity index (χ2v) is 5.62. The molecule has 2 heterocycles. The van der Waals surface area contributed by atoms with Crippen LogP contribution < -0.4 is 5.73 Å². The second kappa shape index (κ2) is 6.01. The molecule has 2 rings (SSSR count). The van der Waals surface area contributed by atoms with Gasteiger partial charge in [-0.05, 0) is 38.8 Å². The van der Waals surface area contributed by atoms with Gasteiger partial charge in [-0.1, -0.05) is 13.8 Å². The summed E-state index contributed by atoms with van der Waals surface area (Å²) in [4.78, 5) is 6.92. The van der Waals surface area contributed by atoms with Crippen LogP contribution in [0.2, 0.25) is 0 Å². The SMILES string of the molecule is CCC(CC)(C(N)Cc1ncnn1C)N1CCCC1. The Labute approximate surface area is 116 Å². The van der Waals surface area contributed by atoms with E-state index in [4.69, 9.17) is 5.73 Å². The van der Waals surface area contributed by atoms with E-state index in [2.05, 4.69) is 28.8 Å². The van der Waals surface area contributed by atoms with Crippen LogP contribution >= 0.6 is 0 Å². The predicted octanol–water partition coefficient (Wildman–Crippen LogP) is 1.34. The normalized spacial score (nSPS) is 18.9. The van der Waals surface area contributed by atoms with Crippen molar-refractivity contribution in [2.45, 2.75) is 57.5 Å². The van der Waals surface area contributed by atoms with Crippen LogP contribution in [0.3, 0.4) is 0 Å². The highest BCUT2D eigenvalue weighted by Crippen LogP contribution is 2.31. The average Bonchev–Trinajstić information content (AvgIpc) is 3.05. The van der Waals surface area contributed by atoms with Crippen molar-refractivity contribution >= 4 is 0 Å². The molecule has 1 aromatic heterocycles. The number of nitrogens with two attached hydrogens (primary N) is 1. The molecule has 5 nitrogen and oxygen atoms in total. The summed E-state index contributed by atoms with van der Waals surface area (Å²) in [6, 6.07) is 0.114. The van der Waals surface area contributed by atoms with E-state index in [1.807, 2.05) is 11.7 Å². The molecule has 1 fully saturated rings. The van der Waals surface area contributed by atoms with Gasteiger partial charge < -0.3 is 5.73 Å². The molecule has 0 aliphatic carbocycles. The molecule has 0 radical (unpaired) electrons. The van der Waals surface area contributed by atoms with Crippen LogP contribution in [-0.2, 0) is 13.5 Å². The number of nitrogens with zero attached hydrogens (tertiary/aromatic N) is 4. The van der Waals surface area contributed by atoms with Gasteiger partial charge in [0, 0.05) is 25.0 Å². The summed E-state index contributed by atoms with van der Waals surface area (Å²) < 4.78 is 1.83. The van der Waals surface area contributed by atoms with Gasteiger partial charge in [0.2, 0.25) is 0 Å². The minimum Gasteiger partial charge on any atom is -0.326 e.